The lowest BCUT2D eigenvalue weighted by atomic mass is 9.96. The molecule has 0 bridgehead atoms. The zero-order valence-corrected chi connectivity index (χ0v) is 13.0. The highest BCUT2D eigenvalue weighted by atomic mass is 19.1. The first-order valence-electron chi connectivity index (χ1n) is 6.98. The van der Waals surface area contributed by atoms with Crippen LogP contribution in [-0.2, 0) is 4.74 Å². The summed E-state index contributed by atoms with van der Waals surface area (Å²) in [6.07, 6.45) is 0.980. The average molecular weight is 320 g/mol. The Morgan fingerprint density at radius 3 is 2.48 bits per heavy atom. The van der Waals surface area contributed by atoms with E-state index in [0.717, 1.165) is 5.56 Å². The summed E-state index contributed by atoms with van der Waals surface area (Å²) in [4.78, 5) is 6.61. The van der Waals surface area contributed by atoms with Crippen molar-refractivity contribution in [1.82, 2.24) is 0 Å². The van der Waals surface area contributed by atoms with E-state index in [9.17, 15) is 4.39 Å². The van der Waals surface area contributed by atoms with Crippen LogP contribution < -0.4 is 11.5 Å². The summed E-state index contributed by atoms with van der Waals surface area (Å²) in [6, 6.07) is 6.34. The fourth-order valence-electron chi connectivity index (χ4n) is 2.16. The van der Waals surface area contributed by atoms with Gasteiger partial charge in [-0.1, -0.05) is 36.0 Å². The number of nitrogens with two attached hydrogens (primary N) is 2. The molecule has 0 heterocycles. The quantitative estimate of drug-likeness (QED) is 0.314. The van der Waals surface area contributed by atoms with E-state index in [1.807, 2.05) is 12.1 Å². The Hall–Kier alpha value is -2.41. The maximum atomic E-state index is 13.0. The summed E-state index contributed by atoms with van der Waals surface area (Å²) < 4.78 is 18.3. The molecular weight excluding hydrogens is 299 g/mol. The lowest BCUT2D eigenvalue weighted by molar-refractivity contribution is 0.0722. The Labute approximate surface area is 134 Å². The summed E-state index contributed by atoms with van der Waals surface area (Å²) in [5, 5.41) is 3.43. The van der Waals surface area contributed by atoms with Gasteiger partial charge in [0, 0.05) is 30.7 Å². The van der Waals surface area contributed by atoms with Crippen LogP contribution in [0.5, 0.6) is 0 Å². The van der Waals surface area contributed by atoms with E-state index >= 15 is 0 Å². The minimum Gasteiger partial charge on any atom is -0.384 e. The molecule has 0 amide bonds. The van der Waals surface area contributed by atoms with Gasteiger partial charge in [-0.25, -0.2) is 4.99 Å². The van der Waals surface area contributed by atoms with Crippen LogP contribution in [0.4, 0.5) is 4.39 Å². The monoisotopic (exact) mass is 320 g/mol. The molecule has 1 unspecified atom stereocenters. The number of benzene rings is 1. The molecule has 0 aromatic heterocycles. The van der Waals surface area contributed by atoms with Crippen molar-refractivity contribution in [1.29, 1.82) is 0 Å². The van der Waals surface area contributed by atoms with Crippen molar-refractivity contribution in [3.05, 3.63) is 58.2 Å². The van der Waals surface area contributed by atoms with E-state index in [0.29, 0.717) is 12.1 Å². The van der Waals surface area contributed by atoms with Gasteiger partial charge >= 0.3 is 0 Å². The number of alkyl halides is 1. The predicted molar refractivity (Wildman–Crippen MR) is 88.7 cm³/mol. The van der Waals surface area contributed by atoms with Gasteiger partial charge in [0.1, 0.15) is 12.5 Å². The topological polar surface area (TPSA) is 122 Å². The van der Waals surface area contributed by atoms with Gasteiger partial charge in [0.05, 0.1) is 12.1 Å². The van der Waals surface area contributed by atoms with Crippen LogP contribution in [0.3, 0.4) is 0 Å². The zero-order valence-electron chi connectivity index (χ0n) is 13.0. The molecule has 0 radical (unpaired) electrons. The van der Waals surface area contributed by atoms with Gasteiger partial charge in [-0.15, -0.1) is 0 Å². The molecular formula is C15H21FN6O. The van der Waals surface area contributed by atoms with E-state index < -0.39 is 18.8 Å². The molecule has 0 aliphatic rings. The molecule has 23 heavy (non-hydrogen) atoms. The molecule has 3 atom stereocenters. The van der Waals surface area contributed by atoms with Crippen LogP contribution in [0.2, 0.25) is 0 Å². The minimum absolute atomic E-state index is 0.112. The highest BCUT2D eigenvalue weighted by Crippen LogP contribution is 2.25. The summed E-state index contributed by atoms with van der Waals surface area (Å²) in [5.41, 5.74) is 21.3. The van der Waals surface area contributed by atoms with E-state index in [-0.39, 0.29) is 11.7 Å². The molecule has 0 saturated heterocycles. The maximum absolute atomic E-state index is 13.0. The largest absolute Gasteiger partial charge is 0.384 e. The van der Waals surface area contributed by atoms with Crippen molar-refractivity contribution in [3.8, 4) is 0 Å². The second-order valence-electron chi connectivity index (χ2n) is 4.86. The third kappa shape index (κ3) is 5.37. The molecule has 1 aromatic rings. The van der Waals surface area contributed by atoms with Crippen molar-refractivity contribution in [2.75, 3.05) is 20.3 Å². The predicted octanol–water partition coefficient (Wildman–Crippen LogP) is 2.57. The van der Waals surface area contributed by atoms with E-state index in [2.05, 4.69) is 21.6 Å². The first kappa shape index (κ1) is 18.6. The summed E-state index contributed by atoms with van der Waals surface area (Å²) in [6.45, 7) is 3.05. The number of hydrogen-bond donors (Lipinski definition) is 2. The number of rotatable bonds is 9. The van der Waals surface area contributed by atoms with E-state index in [4.69, 9.17) is 21.7 Å². The summed E-state index contributed by atoms with van der Waals surface area (Å²) in [5.74, 6) is 0.0964. The van der Waals surface area contributed by atoms with Gasteiger partial charge in [-0.2, -0.15) is 0 Å². The third-order valence-corrected chi connectivity index (χ3v) is 3.33. The van der Waals surface area contributed by atoms with Gasteiger partial charge < -0.3 is 16.2 Å². The number of aliphatic imine (C=N–C) groups is 1. The normalized spacial score (nSPS) is 14.9. The van der Waals surface area contributed by atoms with Crippen LogP contribution in [0.1, 0.15) is 23.1 Å². The number of azide groups is 1. The Kier molecular flexibility index (Phi) is 7.76. The number of hydrogen-bond acceptors (Lipinski definition) is 5. The summed E-state index contributed by atoms with van der Waals surface area (Å²) >= 11 is 0. The molecule has 0 aliphatic carbocycles. The molecule has 0 fully saturated rings. The number of halogens is 1. The molecule has 7 nitrogen and oxygen atoms in total. The zero-order chi connectivity index (χ0) is 17.2. The fraction of sp³-hybridized carbons (Fsp3) is 0.400. The second-order valence-corrected chi connectivity index (χ2v) is 4.86. The fourth-order valence-corrected chi connectivity index (χ4v) is 2.16. The van der Waals surface area contributed by atoms with Gasteiger partial charge in [-0.05, 0) is 16.7 Å². The van der Waals surface area contributed by atoms with Crippen molar-refractivity contribution < 1.29 is 9.13 Å². The SMILES string of the molecule is C=C(N)N=CC(CN)c1ccc([C@@H](OC)[C@@H](CF)N=[N+]=[N-])cc1. The van der Waals surface area contributed by atoms with Crippen molar-refractivity contribution in [3.63, 3.8) is 0 Å². The maximum Gasteiger partial charge on any atom is 0.115 e. The molecule has 1 rings (SSSR count). The van der Waals surface area contributed by atoms with Gasteiger partial charge in [-0.3, -0.25) is 4.39 Å². The first-order chi connectivity index (χ1) is 11.1. The number of methoxy groups -OCH3 is 1. The Bertz CT molecular complexity index is 582. The van der Waals surface area contributed by atoms with E-state index in [1.54, 1.807) is 18.3 Å². The van der Waals surface area contributed by atoms with Crippen LogP contribution in [0, 0.1) is 0 Å². The van der Waals surface area contributed by atoms with Crippen molar-refractivity contribution in [2.24, 2.45) is 21.6 Å². The molecule has 0 aliphatic heterocycles. The highest BCUT2D eigenvalue weighted by Gasteiger charge is 2.22. The van der Waals surface area contributed by atoms with Crippen LogP contribution in [-0.4, -0.2) is 32.6 Å². The van der Waals surface area contributed by atoms with Crippen LogP contribution >= 0.6 is 0 Å². The van der Waals surface area contributed by atoms with Crippen LogP contribution in [0.25, 0.3) is 10.4 Å². The van der Waals surface area contributed by atoms with E-state index in [1.165, 1.54) is 7.11 Å². The first-order valence-corrected chi connectivity index (χ1v) is 6.98. The molecule has 0 spiro atoms. The molecule has 124 valence electrons. The lowest BCUT2D eigenvalue weighted by Gasteiger charge is -2.21. The third-order valence-electron chi connectivity index (χ3n) is 3.33. The van der Waals surface area contributed by atoms with Gasteiger partial charge in [0.15, 0.2) is 0 Å². The minimum atomic E-state index is -0.914. The van der Waals surface area contributed by atoms with Crippen molar-refractivity contribution >= 4 is 6.21 Å². The van der Waals surface area contributed by atoms with Crippen molar-refractivity contribution in [2.45, 2.75) is 18.1 Å². The average Bonchev–Trinajstić information content (AvgIpc) is 2.56. The second kappa shape index (κ2) is 9.58. The summed E-state index contributed by atoms with van der Waals surface area (Å²) in [7, 11) is 1.44. The van der Waals surface area contributed by atoms with Crippen LogP contribution in [0.15, 0.2) is 46.8 Å². The lowest BCUT2D eigenvalue weighted by Crippen LogP contribution is -2.20. The molecule has 0 saturated carbocycles. The number of nitrogens with zero attached hydrogens (tertiary/aromatic N) is 4. The standard InChI is InChI=1S/C15H21FN6O/c1-10(18)20-9-13(8-17)11-3-5-12(6-4-11)15(23-2)14(7-16)21-22-19/h3-6,9,13-15H,1,7-8,17-18H2,2H3/t13?,14-,15-/m1/s1. The highest BCUT2D eigenvalue weighted by molar-refractivity contribution is 5.69. The molecule has 8 heteroatoms. The Morgan fingerprint density at radius 2 is 2.04 bits per heavy atom. The Balaban J connectivity index is 3.01. The van der Waals surface area contributed by atoms with Gasteiger partial charge in [0.25, 0.3) is 0 Å². The number of ether oxygens (including phenoxy) is 1. The Morgan fingerprint density at radius 1 is 1.43 bits per heavy atom. The molecule has 1 aromatic carbocycles. The smallest absolute Gasteiger partial charge is 0.115 e. The molecule has 4 N–H and O–H groups in total. The van der Waals surface area contributed by atoms with Gasteiger partial charge in [0.2, 0.25) is 0 Å².